The van der Waals surface area contributed by atoms with Crippen molar-refractivity contribution in [2.75, 3.05) is 26.9 Å². The summed E-state index contributed by atoms with van der Waals surface area (Å²) in [5.74, 6) is 0.540. The molecule has 1 aromatic rings. The fourth-order valence-electron chi connectivity index (χ4n) is 1.95. The Hall–Kier alpha value is -1.30. The molecule has 5 nitrogen and oxygen atoms in total. The maximum atomic E-state index is 10.8. The molecule has 1 atom stereocenters. The number of hydrogen-bond donors (Lipinski definition) is 1. The van der Waals surface area contributed by atoms with Crippen LogP contribution in [-0.2, 0) is 14.3 Å². The molecule has 23 heavy (non-hydrogen) atoms. The van der Waals surface area contributed by atoms with Crippen molar-refractivity contribution in [3.05, 3.63) is 29.8 Å². The van der Waals surface area contributed by atoms with E-state index >= 15 is 0 Å². The zero-order valence-electron chi connectivity index (χ0n) is 14.0. The highest BCUT2D eigenvalue weighted by molar-refractivity contribution is 5.85. The minimum absolute atomic E-state index is 0. The summed E-state index contributed by atoms with van der Waals surface area (Å²) in [6, 6.07) is 7.93. The van der Waals surface area contributed by atoms with Gasteiger partial charge in [-0.25, -0.2) is 4.79 Å². The van der Waals surface area contributed by atoms with E-state index < -0.39 is 0 Å². The first-order valence-electron chi connectivity index (χ1n) is 7.76. The van der Waals surface area contributed by atoms with Gasteiger partial charge in [-0.2, -0.15) is 0 Å². The lowest BCUT2D eigenvalue weighted by atomic mass is 10.1. The molecule has 0 bridgehead atoms. The molecular formula is C17H28ClNO4. The Bertz CT molecular complexity index is 440. The normalized spacial score (nSPS) is 11.4. The van der Waals surface area contributed by atoms with E-state index in [0.29, 0.717) is 13.2 Å². The molecule has 1 rings (SSSR count). The van der Waals surface area contributed by atoms with E-state index in [1.54, 1.807) is 0 Å². The van der Waals surface area contributed by atoms with Crippen LogP contribution in [0.4, 0.5) is 0 Å². The lowest BCUT2D eigenvalue weighted by Gasteiger charge is -2.10. The molecule has 0 fully saturated rings. The monoisotopic (exact) mass is 345 g/mol. The van der Waals surface area contributed by atoms with Gasteiger partial charge in [0.25, 0.3) is 0 Å². The molecule has 0 saturated carbocycles. The smallest absolute Gasteiger partial charge is 0.331 e. The number of hydrogen-bond acceptors (Lipinski definition) is 5. The third-order valence-corrected chi connectivity index (χ3v) is 3.28. The van der Waals surface area contributed by atoms with Crippen molar-refractivity contribution in [3.63, 3.8) is 0 Å². The molecule has 0 radical (unpaired) electrons. The van der Waals surface area contributed by atoms with E-state index in [1.807, 2.05) is 31.2 Å². The molecule has 2 N–H and O–H groups in total. The fourth-order valence-corrected chi connectivity index (χ4v) is 1.95. The van der Waals surface area contributed by atoms with Crippen molar-refractivity contribution in [1.29, 1.82) is 0 Å². The number of carbonyl (C=O) groups is 1. The highest BCUT2D eigenvalue weighted by Gasteiger charge is 2.01. The van der Waals surface area contributed by atoms with Crippen molar-refractivity contribution < 1.29 is 19.0 Å². The molecule has 0 aliphatic rings. The molecule has 1 aromatic carbocycles. The lowest BCUT2D eigenvalue weighted by Crippen LogP contribution is -2.10. The predicted octanol–water partition coefficient (Wildman–Crippen LogP) is 3.26. The summed E-state index contributed by atoms with van der Waals surface area (Å²) in [6.07, 6.45) is 4.08. The van der Waals surface area contributed by atoms with E-state index in [2.05, 4.69) is 4.74 Å². The Labute approximate surface area is 144 Å². The molecular weight excluding hydrogens is 318 g/mol. The van der Waals surface area contributed by atoms with Crippen LogP contribution in [0.15, 0.2) is 24.3 Å². The van der Waals surface area contributed by atoms with Gasteiger partial charge in [-0.1, -0.05) is 18.6 Å². The Morgan fingerprint density at radius 3 is 2.52 bits per heavy atom. The van der Waals surface area contributed by atoms with Crippen LogP contribution in [0.3, 0.4) is 0 Å². The Balaban J connectivity index is 0.00000484. The van der Waals surface area contributed by atoms with Crippen molar-refractivity contribution in [3.8, 4) is 5.75 Å². The zero-order valence-corrected chi connectivity index (χ0v) is 14.8. The second-order valence-electron chi connectivity index (χ2n) is 5.25. The summed E-state index contributed by atoms with van der Waals surface area (Å²) < 4.78 is 15.4. The molecule has 0 amide bonds. The summed E-state index contributed by atoms with van der Waals surface area (Å²) in [6.45, 7) is 3.29. The predicted molar refractivity (Wildman–Crippen MR) is 93.1 cm³/mol. The second kappa shape index (κ2) is 13.2. The van der Waals surface area contributed by atoms with Crippen LogP contribution in [0.1, 0.15) is 44.2 Å². The molecule has 0 unspecified atom stereocenters. The standard InChI is InChI=1S/C17H27NO4.ClH/c1-14(18)15-8-7-9-16(12-15)22-11-6-4-3-5-10-21-13-17(19)20-2;/h7-9,12,14H,3-6,10-11,13,18H2,1-2H3;1H/t14-;/m1./s1. The molecule has 0 aromatic heterocycles. The number of unbranched alkanes of at least 4 members (excludes halogenated alkanes) is 3. The van der Waals surface area contributed by atoms with Gasteiger partial charge in [0.15, 0.2) is 0 Å². The number of benzene rings is 1. The molecule has 132 valence electrons. The molecule has 0 spiro atoms. The summed E-state index contributed by atoms with van der Waals surface area (Å²) in [4.78, 5) is 10.8. The van der Waals surface area contributed by atoms with Crippen LogP contribution >= 0.6 is 12.4 Å². The van der Waals surface area contributed by atoms with E-state index in [9.17, 15) is 4.79 Å². The molecule has 0 heterocycles. The van der Waals surface area contributed by atoms with Gasteiger partial charge in [0.1, 0.15) is 12.4 Å². The Morgan fingerprint density at radius 2 is 1.87 bits per heavy atom. The summed E-state index contributed by atoms with van der Waals surface area (Å²) >= 11 is 0. The maximum absolute atomic E-state index is 10.8. The van der Waals surface area contributed by atoms with Crippen molar-refractivity contribution in [1.82, 2.24) is 0 Å². The van der Waals surface area contributed by atoms with Gasteiger partial charge >= 0.3 is 5.97 Å². The maximum Gasteiger partial charge on any atom is 0.331 e. The van der Waals surface area contributed by atoms with E-state index in [0.717, 1.165) is 37.0 Å². The first-order valence-corrected chi connectivity index (χ1v) is 7.76. The highest BCUT2D eigenvalue weighted by atomic mass is 35.5. The second-order valence-corrected chi connectivity index (χ2v) is 5.25. The van der Waals surface area contributed by atoms with Crippen LogP contribution in [0.2, 0.25) is 0 Å². The van der Waals surface area contributed by atoms with Gasteiger partial charge in [-0.05, 0) is 43.9 Å². The number of rotatable bonds is 11. The van der Waals surface area contributed by atoms with Crippen molar-refractivity contribution in [2.24, 2.45) is 5.73 Å². The van der Waals surface area contributed by atoms with E-state index in [4.69, 9.17) is 15.2 Å². The number of halogens is 1. The van der Waals surface area contributed by atoms with Gasteiger partial charge in [-0.15, -0.1) is 12.4 Å². The molecule has 0 saturated heterocycles. The first-order chi connectivity index (χ1) is 10.6. The Kier molecular flexibility index (Phi) is 12.4. The van der Waals surface area contributed by atoms with Crippen LogP contribution < -0.4 is 10.5 Å². The van der Waals surface area contributed by atoms with Crippen LogP contribution in [0.5, 0.6) is 5.75 Å². The van der Waals surface area contributed by atoms with Crippen LogP contribution in [0, 0.1) is 0 Å². The summed E-state index contributed by atoms with van der Waals surface area (Å²) in [5, 5.41) is 0. The number of carbonyl (C=O) groups excluding carboxylic acids is 1. The third kappa shape index (κ3) is 10.2. The van der Waals surface area contributed by atoms with Crippen LogP contribution in [-0.4, -0.2) is 32.9 Å². The Morgan fingerprint density at radius 1 is 1.17 bits per heavy atom. The van der Waals surface area contributed by atoms with Crippen molar-refractivity contribution in [2.45, 2.75) is 38.6 Å². The lowest BCUT2D eigenvalue weighted by molar-refractivity contribution is -0.145. The number of nitrogens with two attached hydrogens (primary N) is 1. The molecule has 0 aliphatic carbocycles. The minimum Gasteiger partial charge on any atom is -0.494 e. The fraction of sp³-hybridized carbons (Fsp3) is 0.588. The largest absolute Gasteiger partial charge is 0.494 e. The van der Waals surface area contributed by atoms with E-state index in [-0.39, 0.29) is 31.0 Å². The average Bonchev–Trinajstić information content (AvgIpc) is 2.53. The van der Waals surface area contributed by atoms with Gasteiger partial charge in [-0.3, -0.25) is 0 Å². The first kappa shape index (κ1) is 21.7. The quantitative estimate of drug-likeness (QED) is 0.492. The average molecular weight is 346 g/mol. The van der Waals surface area contributed by atoms with Gasteiger partial charge in [0.2, 0.25) is 0 Å². The minimum atomic E-state index is -0.331. The summed E-state index contributed by atoms with van der Waals surface area (Å²) in [7, 11) is 1.36. The number of esters is 1. The van der Waals surface area contributed by atoms with Gasteiger partial charge < -0.3 is 19.9 Å². The summed E-state index contributed by atoms with van der Waals surface area (Å²) in [5.41, 5.74) is 6.93. The topological polar surface area (TPSA) is 70.8 Å². The van der Waals surface area contributed by atoms with Gasteiger partial charge in [0.05, 0.1) is 13.7 Å². The zero-order chi connectivity index (χ0) is 16.2. The van der Waals surface area contributed by atoms with Crippen LogP contribution in [0.25, 0.3) is 0 Å². The highest BCUT2D eigenvalue weighted by Crippen LogP contribution is 2.17. The molecule has 0 aliphatic heterocycles. The number of methoxy groups -OCH3 is 1. The molecule has 6 heteroatoms. The number of ether oxygens (including phenoxy) is 3. The van der Waals surface area contributed by atoms with Gasteiger partial charge in [0, 0.05) is 12.6 Å². The van der Waals surface area contributed by atoms with Crippen molar-refractivity contribution >= 4 is 18.4 Å². The van der Waals surface area contributed by atoms with E-state index in [1.165, 1.54) is 7.11 Å². The third-order valence-electron chi connectivity index (χ3n) is 3.28. The SMILES string of the molecule is COC(=O)COCCCCCCOc1cccc([C@@H](C)N)c1.Cl.